The minimum Gasteiger partial charge on any atom is -0.490 e. The van der Waals surface area contributed by atoms with E-state index in [9.17, 15) is 14.7 Å². The second kappa shape index (κ2) is 16.5. The molecule has 4 aliphatic heterocycles. The molecule has 12 nitrogen and oxygen atoms in total. The Morgan fingerprint density at radius 3 is 2.73 bits per heavy atom. The lowest BCUT2D eigenvalue weighted by Gasteiger charge is -2.45. The molecule has 2 bridgehead atoms. The van der Waals surface area contributed by atoms with Gasteiger partial charge in [-0.25, -0.2) is 4.21 Å². The molecule has 322 valence electrons. The molecule has 1 aromatic heterocycles. The highest BCUT2D eigenvalue weighted by Gasteiger charge is 2.44. The van der Waals surface area contributed by atoms with Crippen LogP contribution >= 0.6 is 11.6 Å². The lowest BCUT2D eigenvalue weighted by molar-refractivity contribution is -0.103. The van der Waals surface area contributed by atoms with Gasteiger partial charge in [0.2, 0.25) is 0 Å². The Morgan fingerprint density at radius 1 is 1.10 bits per heavy atom. The normalized spacial score (nSPS) is 33.9. The largest absolute Gasteiger partial charge is 0.490 e. The lowest BCUT2D eigenvalue weighted by atomic mass is 9.68. The van der Waals surface area contributed by atoms with E-state index < -0.39 is 38.7 Å². The number of halogens is 1. The van der Waals surface area contributed by atoms with Crippen molar-refractivity contribution in [2.24, 2.45) is 22.1 Å². The maximum Gasteiger partial charge on any atom is 0.286 e. The van der Waals surface area contributed by atoms with Crippen molar-refractivity contribution in [1.29, 1.82) is 0 Å². The van der Waals surface area contributed by atoms with Crippen molar-refractivity contribution in [2.75, 3.05) is 57.4 Å². The number of nitrogens with zero attached hydrogens (tertiary/aromatic N) is 4. The van der Waals surface area contributed by atoms with E-state index in [0.717, 1.165) is 68.1 Å². The van der Waals surface area contributed by atoms with Crippen LogP contribution in [0, 0.1) is 17.8 Å². The van der Waals surface area contributed by atoms with E-state index in [1.165, 1.54) is 11.1 Å². The molecule has 0 radical (unpaired) electrons. The first-order chi connectivity index (χ1) is 28.8. The summed E-state index contributed by atoms with van der Waals surface area (Å²) in [7, 11) is -3.69. The van der Waals surface area contributed by atoms with Crippen molar-refractivity contribution in [2.45, 2.75) is 94.8 Å². The number of fused-ring (bicyclic) bond motifs is 5. The van der Waals surface area contributed by atoms with Crippen molar-refractivity contribution in [3.8, 4) is 5.75 Å². The van der Waals surface area contributed by atoms with Crippen molar-refractivity contribution in [3.63, 3.8) is 0 Å². The quantitative estimate of drug-likeness (QED) is 0.280. The van der Waals surface area contributed by atoms with Gasteiger partial charge >= 0.3 is 0 Å². The van der Waals surface area contributed by atoms with Crippen LogP contribution in [0.5, 0.6) is 5.75 Å². The maximum absolute atomic E-state index is 15.2. The fourth-order valence-corrected chi connectivity index (χ4v) is 12.4. The Kier molecular flexibility index (Phi) is 11.5. The topological polar surface area (TPSA) is 135 Å². The molecule has 14 heteroatoms. The molecule has 2 N–H and O–H groups in total. The van der Waals surface area contributed by atoms with Gasteiger partial charge in [-0.2, -0.15) is 0 Å². The van der Waals surface area contributed by atoms with Crippen LogP contribution in [0.2, 0.25) is 5.02 Å². The van der Waals surface area contributed by atoms with E-state index in [0.29, 0.717) is 63.8 Å². The van der Waals surface area contributed by atoms with Crippen LogP contribution < -0.4 is 14.4 Å². The molecule has 1 saturated heterocycles. The molecule has 1 spiro atoms. The van der Waals surface area contributed by atoms with Gasteiger partial charge in [0, 0.05) is 60.6 Å². The SMILES string of the molecule is C[C@@H]1[C@@H](C)C/C=C/[C@H](O)[C@@H]2CC[C@H]2CN2C[C@@]3(CCCc4cc(Cl)ccc43)COc3ccc(cc32)C(=O)N=S1(=O)NC(=O)c1cc2n(c1)CC(C)(CN1CCOCC1)OC2. The monoisotopic (exact) mass is 859 g/mol. The molecule has 2 fully saturated rings. The minimum absolute atomic E-state index is 0.0853. The summed E-state index contributed by atoms with van der Waals surface area (Å²) in [5.74, 6) is -0.484. The Balaban J connectivity index is 1.04. The molecule has 6 aliphatic rings. The second-order valence-electron chi connectivity index (χ2n) is 18.5. The van der Waals surface area contributed by atoms with Gasteiger partial charge in [0.1, 0.15) is 15.7 Å². The van der Waals surface area contributed by atoms with E-state index in [-0.39, 0.29) is 28.7 Å². The number of aromatic nitrogens is 1. The third-order valence-corrected chi connectivity index (χ3v) is 16.9. The number of hydrogen-bond donors (Lipinski definition) is 2. The van der Waals surface area contributed by atoms with E-state index in [2.05, 4.69) is 37.9 Å². The summed E-state index contributed by atoms with van der Waals surface area (Å²) in [6.45, 7) is 12.3. The Hall–Kier alpha value is -3.72. The van der Waals surface area contributed by atoms with Gasteiger partial charge in [-0.1, -0.05) is 36.7 Å². The van der Waals surface area contributed by atoms with Crippen LogP contribution in [0.25, 0.3) is 0 Å². The van der Waals surface area contributed by atoms with Gasteiger partial charge < -0.3 is 28.8 Å². The van der Waals surface area contributed by atoms with E-state index in [4.69, 9.17) is 25.8 Å². The van der Waals surface area contributed by atoms with Gasteiger partial charge in [-0.05, 0) is 118 Å². The van der Waals surface area contributed by atoms with E-state index in [1.54, 1.807) is 25.3 Å². The van der Waals surface area contributed by atoms with Crippen LogP contribution in [-0.4, -0.2) is 100 Å². The molecule has 5 heterocycles. The number of amides is 2. The van der Waals surface area contributed by atoms with Gasteiger partial charge in [-0.3, -0.25) is 19.2 Å². The highest BCUT2D eigenvalue weighted by atomic mass is 35.5. The van der Waals surface area contributed by atoms with Gasteiger partial charge in [0.15, 0.2) is 0 Å². The van der Waals surface area contributed by atoms with Gasteiger partial charge in [0.05, 0.1) is 61.2 Å². The van der Waals surface area contributed by atoms with Crippen LogP contribution in [0.15, 0.2) is 65.2 Å². The molecule has 2 amide bonds. The molecule has 9 rings (SSSR count). The first-order valence-electron chi connectivity index (χ1n) is 21.7. The lowest BCUT2D eigenvalue weighted by Crippen LogP contribution is -2.50. The molecule has 2 unspecified atom stereocenters. The van der Waals surface area contributed by atoms with Gasteiger partial charge in [-0.15, -0.1) is 4.36 Å². The first-order valence-corrected chi connectivity index (χ1v) is 23.7. The predicted octanol–water partition coefficient (Wildman–Crippen LogP) is 6.56. The number of nitrogens with one attached hydrogen (secondary N) is 1. The summed E-state index contributed by atoms with van der Waals surface area (Å²) in [5.41, 5.74) is 3.94. The molecule has 60 heavy (non-hydrogen) atoms. The van der Waals surface area contributed by atoms with Crippen molar-refractivity contribution >= 4 is 39.0 Å². The standard InChI is InChI=1S/C46H58ClN5O7S/c1-30-6-4-8-41(53)38-12-9-34(38)23-52-28-46(15-5-7-32-20-36(47)11-13-39(32)46)29-58-42-14-10-33(22-40(42)52)43(54)48-60(56,31(30)2)49-44(55)35-21-37-25-59-45(3,27-51(37)24-35)26-50-16-18-57-19-17-50/h4,8,10-11,13-14,20-22,24,30-31,34,38,41,53H,5-7,9,12,15-19,23,25-29H2,1-3H3,(H,48,49,54,55,56)/b8-4+/t30-,31+,34-,38+,41-,45?,46-,60?/m0/s1. The molecule has 2 aromatic carbocycles. The highest BCUT2D eigenvalue weighted by Crippen LogP contribution is 2.47. The number of anilines is 1. The van der Waals surface area contributed by atoms with Crippen LogP contribution in [-0.2, 0) is 44.4 Å². The maximum atomic E-state index is 15.2. The summed E-state index contributed by atoms with van der Waals surface area (Å²) in [6, 6.07) is 13.3. The number of allylic oxidation sites excluding steroid dienone is 1. The highest BCUT2D eigenvalue weighted by molar-refractivity contribution is 7.93. The Labute approximate surface area is 358 Å². The third kappa shape index (κ3) is 8.18. The van der Waals surface area contributed by atoms with E-state index in [1.807, 2.05) is 41.8 Å². The Bertz CT molecular complexity index is 2300. The van der Waals surface area contributed by atoms with Crippen molar-refractivity contribution in [1.82, 2.24) is 14.2 Å². The average molecular weight is 861 g/mol. The number of morpholine rings is 1. The fourth-order valence-electron chi connectivity index (χ4n) is 10.4. The Morgan fingerprint density at radius 2 is 1.93 bits per heavy atom. The second-order valence-corrected chi connectivity index (χ2v) is 21.2. The number of ether oxygens (including phenoxy) is 3. The fraction of sp³-hybridized carbons (Fsp3) is 0.565. The number of benzene rings is 2. The number of aliphatic hydroxyl groups excluding tert-OH is 1. The number of aliphatic hydroxyl groups is 1. The zero-order chi connectivity index (χ0) is 41.8. The predicted molar refractivity (Wildman–Crippen MR) is 232 cm³/mol. The molecule has 3 aromatic rings. The first kappa shape index (κ1) is 41.6. The van der Waals surface area contributed by atoms with Gasteiger partial charge in [0.25, 0.3) is 11.8 Å². The third-order valence-electron chi connectivity index (χ3n) is 14.2. The van der Waals surface area contributed by atoms with Crippen LogP contribution in [0.4, 0.5) is 5.69 Å². The minimum atomic E-state index is -3.69. The zero-order valence-electron chi connectivity index (χ0n) is 34.9. The summed E-state index contributed by atoms with van der Waals surface area (Å²) in [4.78, 5) is 33.2. The molecule has 1 saturated carbocycles. The van der Waals surface area contributed by atoms with Crippen molar-refractivity contribution in [3.05, 3.63) is 93.8 Å². The number of rotatable bonds is 4. The molecular formula is C46H58ClN5O7S. The van der Waals surface area contributed by atoms with Crippen LogP contribution in [0.3, 0.4) is 0 Å². The number of carbonyl (C=O) groups is 2. The average Bonchev–Trinajstić information content (AvgIpc) is 3.57. The van der Waals surface area contributed by atoms with Crippen LogP contribution in [0.1, 0.15) is 90.4 Å². The smallest absolute Gasteiger partial charge is 0.286 e. The summed E-state index contributed by atoms with van der Waals surface area (Å²) < 4.78 is 43.0. The summed E-state index contributed by atoms with van der Waals surface area (Å²) >= 11 is 6.48. The molecular weight excluding hydrogens is 802 g/mol. The summed E-state index contributed by atoms with van der Waals surface area (Å²) in [5, 5.41) is 11.5. The number of aryl methyl sites for hydroxylation is 1. The number of carbonyl (C=O) groups excluding carboxylic acids is 2. The number of hydrogen-bond acceptors (Lipinski definition) is 9. The van der Waals surface area contributed by atoms with E-state index >= 15 is 4.21 Å². The molecule has 2 aliphatic carbocycles. The molecule has 8 atom stereocenters. The summed E-state index contributed by atoms with van der Waals surface area (Å²) in [6.07, 6.45) is 10.3. The van der Waals surface area contributed by atoms with Crippen molar-refractivity contribution < 1.29 is 33.1 Å². The zero-order valence-corrected chi connectivity index (χ0v) is 36.5.